The van der Waals surface area contributed by atoms with Crippen molar-refractivity contribution in [2.45, 2.75) is 11.7 Å². The first-order valence-corrected chi connectivity index (χ1v) is 7.95. The number of aromatic nitrogens is 2. The smallest absolute Gasteiger partial charge is 0.253 e. The minimum absolute atomic E-state index is 0.0222. The lowest BCUT2D eigenvalue weighted by molar-refractivity contribution is -0.132. The zero-order valence-corrected chi connectivity index (χ0v) is 13.8. The molecule has 0 aliphatic carbocycles. The Balaban J connectivity index is 1.76. The van der Waals surface area contributed by atoms with E-state index in [1.54, 1.807) is 12.1 Å². The fraction of sp³-hybridized carbons (Fsp3) is 0.286. The number of hydrogen-bond donors (Lipinski definition) is 3. The molecule has 10 heteroatoms. The van der Waals surface area contributed by atoms with E-state index in [0.717, 1.165) is 17.8 Å². The van der Waals surface area contributed by atoms with Crippen molar-refractivity contribution >= 4 is 29.4 Å². The van der Waals surface area contributed by atoms with Crippen LogP contribution in [0.2, 0.25) is 0 Å². The van der Waals surface area contributed by atoms with Crippen LogP contribution < -0.4 is 16.6 Å². The maximum absolute atomic E-state index is 12.0. The molecule has 2 heterocycles. The molecule has 0 spiro atoms. The molecule has 2 aromatic rings. The van der Waals surface area contributed by atoms with Crippen molar-refractivity contribution in [3.05, 3.63) is 40.6 Å². The average molecular weight is 351 g/mol. The SMILES string of the molecule is CN(CC(=O)NCc1ccco1)C(=O)CSc1nc(N)cc(=O)[nH]1. The van der Waals surface area contributed by atoms with Gasteiger partial charge in [-0.25, -0.2) is 4.98 Å². The molecule has 0 aliphatic rings. The first-order chi connectivity index (χ1) is 11.4. The van der Waals surface area contributed by atoms with Crippen LogP contribution in [-0.2, 0) is 16.1 Å². The fourth-order valence-corrected chi connectivity index (χ4v) is 2.54. The molecule has 24 heavy (non-hydrogen) atoms. The number of H-pyrrole nitrogens is 1. The maximum atomic E-state index is 12.0. The lowest BCUT2D eigenvalue weighted by Crippen LogP contribution is -2.38. The van der Waals surface area contributed by atoms with Gasteiger partial charge in [0.1, 0.15) is 11.6 Å². The predicted octanol–water partition coefficient (Wildman–Crippen LogP) is -0.188. The molecule has 0 saturated heterocycles. The van der Waals surface area contributed by atoms with Crippen molar-refractivity contribution in [1.82, 2.24) is 20.2 Å². The van der Waals surface area contributed by atoms with E-state index in [1.165, 1.54) is 18.2 Å². The van der Waals surface area contributed by atoms with Gasteiger partial charge in [0.2, 0.25) is 11.8 Å². The van der Waals surface area contributed by atoms with Crippen LogP contribution in [0.4, 0.5) is 5.82 Å². The lowest BCUT2D eigenvalue weighted by Gasteiger charge is -2.16. The number of amides is 2. The third-order valence-corrected chi connectivity index (χ3v) is 3.78. The van der Waals surface area contributed by atoms with E-state index in [0.29, 0.717) is 5.76 Å². The van der Waals surface area contributed by atoms with Crippen LogP contribution >= 0.6 is 11.8 Å². The van der Waals surface area contributed by atoms with Gasteiger partial charge in [0.25, 0.3) is 5.56 Å². The molecule has 0 saturated carbocycles. The van der Waals surface area contributed by atoms with Crippen LogP contribution in [0.25, 0.3) is 0 Å². The van der Waals surface area contributed by atoms with E-state index in [1.807, 2.05) is 0 Å². The van der Waals surface area contributed by atoms with Crippen molar-refractivity contribution < 1.29 is 14.0 Å². The molecule has 0 fully saturated rings. The number of likely N-dealkylation sites (N-methyl/N-ethyl adjacent to an activating group) is 1. The summed E-state index contributed by atoms with van der Waals surface area (Å²) >= 11 is 1.04. The standard InChI is InChI=1S/C14H17N5O4S/c1-19(7-12(21)16-6-9-3-2-4-23-9)13(22)8-24-14-17-10(15)5-11(20)18-14/h2-5H,6-8H2,1H3,(H,16,21)(H3,15,17,18,20). The van der Waals surface area contributed by atoms with Crippen molar-refractivity contribution in [3.8, 4) is 0 Å². The first-order valence-electron chi connectivity index (χ1n) is 6.96. The van der Waals surface area contributed by atoms with Gasteiger partial charge in [-0.15, -0.1) is 0 Å². The number of anilines is 1. The zero-order chi connectivity index (χ0) is 17.5. The number of nitrogen functional groups attached to an aromatic ring is 1. The summed E-state index contributed by atoms with van der Waals surface area (Å²) in [6, 6.07) is 4.62. The van der Waals surface area contributed by atoms with Gasteiger partial charge in [0, 0.05) is 13.1 Å². The summed E-state index contributed by atoms with van der Waals surface area (Å²) in [5.74, 6) is 0.152. The highest BCUT2D eigenvalue weighted by Crippen LogP contribution is 2.12. The van der Waals surface area contributed by atoms with E-state index in [9.17, 15) is 14.4 Å². The minimum atomic E-state index is -0.386. The molecule has 4 N–H and O–H groups in total. The quantitative estimate of drug-likeness (QED) is 0.465. The topological polar surface area (TPSA) is 134 Å². The van der Waals surface area contributed by atoms with Gasteiger partial charge in [-0.05, 0) is 12.1 Å². The maximum Gasteiger partial charge on any atom is 0.253 e. The third kappa shape index (κ3) is 5.47. The zero-order valence-electron chi connectivity index (χ0n) is 12.9. The fourth-order valence-electron chi connectivity index (χ4n) is 1.72. The molecule has 2 amide bonds. The number of furan rings is 1. The second-order valence-corrected chi connectivity index (χ2v) is 5.83. The summed E-state index contributed by atoms with van der Waals surface area (Å²) in [4.78, 5) is 42.7. The number of hydrogen-bond acceptors (Lipinski definition) is 7. The first kappa shape index (κ1) is 17.6. The number of nitrogens with two attached hydrogens (primary N) is 1. The van der Waals surface area contributed by atoms with Crippen molar-refractivity contribution in [1.29, 1.82) is 0 Å². The highest BCUT2D eigenvalue weighted by Gasteiger charge is 2.14. The second-order valence-electron chi connectivity index (χ2n) is 4.87. The van der Waals surface area contributed by atoms with Crippen LogP contribution in [0.1, 0.15) is 5.76 Å². The Morgan fingerprint density at radius 1 is 1.50 bits per heavy atom. The number of nitrogens with zero attached hydrogens (tertiary/aromatic N) is 2. The molecular formula is C14H17N5O4S. The second kappa shape index (κ2) is 8.20. The lowest BCUT2D eigenvalue weighted by atomic mass is 10.4. The van der Waals surface area contributed by atoms with Gasteiger partial charge >= 0.3 is 0 Å². The van der Waals surface area contributed by atoms with Crippen molar-refractivity contribution in [2.75, 3.05) is 25.1 Å². The number of aromatic amines is 1. The van der Waals surface area contributed by atoms with Crippen LogP contribution in [0.15, 0.2) is 38.8 Å². The van der Waals surface area contributed by atoms with Crippen LogP contribution in [0.3, 0.4) is 0 Å². The van der Waals surface area contributed by atoms with Crippen LogP contribution in [0, 0.1) is 0 Å². The average Bonchev–Trinajstić information content (AvgIpc) is 3.03. The minimum Gasteiger partial charge on any atom is -0.467 e. The molecule has 0 radical (unpaired) electrons. The summed E-state index contributed by atoms with van der Waals surface area (Å²) in [7, 11) is 1.52. The number of carbonyl (C=O) groups is 2. The summed E-state index contributed by atoms with van der Waals surface area (Å²) < 4.78 is 5.10. The molecule has 9 nitrogen and oxygen atoms in total. The molecular weight excluding hydrogens is 334 g/mol. The molecule has 0 unspecified atom stereocenters. The Kier molecular flexibility index (Phi) is 6.01. The van der Waals surface area contributed by atoms with Gasteiger partial charge in [-0.1, -0.05) is 11.8 Å². The van der Waals surface area contributed by atoms with E-state index in [2.05, 4.69) is 15.3 Å². The highest BCUT2D eigenvalue weighted by molar-refractivity contribution is 7.99. The van der Waals surface area contributed by atoms with Crippen molar-refractivity contribution in [2.24, 2.45) is 0 Å². The molecule has 0 atom stereocenters. The Bertz CT molecular complexity index is 759. The number of rotatable bonds is 7. The molecule has 2 aromatic heterocycles. The van der Waals surface area contributed by atoms with Gasteiger partial charge in [0.15, 0.2) is 5.16 Å². The van der Waals surface area contributed by atoms with Crippen molar-refractivity contribution in [3.63, 3.8) is 0 Å². The van der Waals surface area contributed by atoms with E-state index >= 15 is 0 Å². The monoisotopic (exact) mass is 351 g/mol. The third-order valence-electron chi connectivity index (χ3n) is 2.92. The van der Waals surface area contributed by atoms with Gasteiger partial charge in [-0.3, -0.25) is 14.4 Å². The Labute approximate surface area is 141 Å². The van der Waals surface area contributed by atoms with Crippen LogP contribution in [-0.4, -0.2) is 46.0 Å². The van der Waals surface area contributed by atoms with E-state index < -0.39 is 0 Å². The summed E-state index contributed by atoms with van der Waals surface area (Å²) in [5, 5.41) is 2.90. The molecule has 2 rings (SSSR count). The normalized spacial score (nSPS) is 10.4. The van der Waals surface area contributed by atoms with Gasteiger partial charge < -0.3 is 25.4 Å². The summed E-state index contributed by atoms with van der Waals surface area (Å²) in [6.45, 7) is 0.179. The Morgan fingerprint density at radius 2 is 2.29 bits per heavy atom. The van der Waals surface area contributed by atoms with Gasteiger partial charge in [0.05, 0.1) is 25.1 Å². The van der Waals surface area contributed by atoms with Crippen LogP contribution in [0.5, 0.6) is 0 Å². The largest absolute Gasteiger partial charge is 0.467 e. The molecule has 0 aromatic carbocycles. The van der Waals surface area contributed by atoms with E-state index in [4.69, 9.17) is 10.2 Å². The Morgan fingerprint density at radius 3 is 2.96 bits per heavy atom. The molecule has 128 valence electrons. The predicted molar refractivity (Wildman–Crippen MR) is 88.2 cm³/mol. The highest BCUT2D eigenvalue weighted by atomic mass is 32.2. The number of thioether (sulfide) groups is 1. The summed E-state index contributed by atoms with van der Waals surface area (Å²) in [6.07, 6.45) is 1.52. The Hall–Kier alpha value is -2.75. The number of carbonyl (C=O) groups excluding carboxylic acids is 2. The summed E-state index contributed by atoms with van der Waals surface area (Å²) in [5.41, 5.74) is 5.08. The molecule has 0 bridgehead atoms. The number of nitrogens with one attached hydrogen (secondary N) is 2. The molecule has 0 aliphatic heterocycles. The van der Waals surface area contributed by atoms with E-state index in [-0.39, 0.29) is 47.2 Å². The van der Waals surface area contributed by atoms with Gasteiger partial charge in [-0.2, -0.15) is 0 Å².